The second-order valence-corrected chi connectivity index (χ2v) is 6.77. The highest BCUT2D eigenvalue weighted by molar-refractivity contribution is 5.93. The largest absolute Gasteiger partial charge is 0.348 e. The van der Waals surface area contributed by atoms with Crippen LogP contribution in [0.3, 0.4) is 0 Å². The quantitative estimate of drug-likeness (QED) is 0.675. The van der Waals surface area contributed by atoms with E-state index in [4.69, 9.17) is 0 Å². The topological polar surface area (TPSA) is 66.9 Å². The molecule has 5 nitrogen and oxygen atoms in total. The van der Waals surface area contributed by atoms with Crippen molar-refractivity contribution in [2.75, 3.05) is 5.32 Å². The number of anilines is 2. The number of carbonyl (C=O) groups is 1. The number of aromatic nitrogens is 2. The average molecular weight is 360 g/mol. The number of aryl methyl sites for hydroxylation is 1. The van der Waals surface area contributed by atoms with Crippen molar-refractivity contribution < 1.29 is 4.79 Å². The number of hydrogen-bond acceptors (Lipinski definition) is 4. The fourth-order valence-corrected chi connectivity index (χ4v) is 2.83. The van der Waals surface area contributed by atoms with E-state index in [2.05, 4.69) is 40.5 Å². The van der Waals surface area contributed by atoms with Gasteiger partial charge in [-0.25, -0.2) is 9.97 Å². The summed E-state index contributed by atoms with van der Waals surface area (Å²) in [4.78, 5) is 20.9. The highest BCUT2D eigenvalue weighted by Crippen LogP contribution is 2.25. The Morgan fingerprint density at radius 1 is 1.00 bits per heavy atom. The molecule has 0 aliphatic rings. The molecule has 27 heavy (non-hydrogen) atoms. The maximum atomic E-state index is 12.3. The van der Waals surface area contributed by atoms with Crippen LogP contribution in [0.15, 0.2) is 60.9 Å². The summed E-state index contributed by atoms with van der Waals surface area (Å²) >= 11 is 0. The van der Waals surface area contributed by atoms with Crippen LogP contribution in [0.2, 0.25) is 0 Å². The zero-order valence-electron chi connectivity index (χ0n) is 15.9. The Hall–Kier alpha value is -3.21. The van der Waals surface area contributed by atoms with Crippen LogP contribution in [-0.4, -0.2) is 15.9 Å². The zero-order chi connectivity index (χ0) is 19.2. The molecular weight excluding hydrogens is 336 g/mol. The van der Waals surface area contributed by atoms with Gasteiger partial charge >= 0.3 is 0 Å². The number of nitrogens with zero attached hydrogens (tertiary/aromatic N) is 2. The maximum Gasteiger partial charge on any atom is 0.254 e. The molecule has 0 bridgehead atoms. The van der Waals surface area contributed by atoms with Crippen LogP contribution in [-0.2, 0) is 6.54 Å². The summed E-state index contributed by atoms with van der Waals surface area (Å²) in [6.45, 7) is 6.79. The van der Waals surface area contributed by atoms with E-state index in [0.29, 0.717) is 24.0 Å². The first-order chi connectivity index (χ1) is 13.0. The molecule has 1 heterocycles. The molecule has 0 radical (unpaired) electrons. The van der Waals surface area contributed by atoms with Crippen molar-refractivity contribution >= 4 is 17.5 Å². The van der Waals surface area contributed by atoms with Gasteiger partial charge in [-0.1, -0.05) is 56.3 Å². The van der Waals surface area contributed by atoms with Crippen molar-refractivity contribution in [3.63, 3.8) is 0 Å². The third-order valence-corrected chi connectivity index (χ3v) is 4.44. The molecule has 0 fully saturated rings. The number of nitrogens with one attached hydrogen (secondary N) is 2. The van der Waals surface area contributed by atoms with Crippen molar-refractivity contribution in [3.05, 3.63) is 83.2 Å². The number of amides is 1. The van der Waals surface area contributed by atoms with E-state index >= 15 is 0 Å². The third kappa shape index (κ3) is 4.70. The molecule has 0 aliphatic carbocycles. The van der Waals surface area contributed by atoms with Crippen LogP contribution in [0.5, 0.6) is 0 Å². The lowest BCUT2D eigenvalue weighted by Gasteiger charge is -2.13. The van der Waals surface area contributed by atoms with Crippen LogP contribution >= 0.6 is 0 Å². The fraction of sp³-hybridized carbons (Fsp3) is 0.227. The van der Waals surface area contributed by atoms with Gasteiger partial charge in [0.05, 0.1) is 5.56 Å². The molecule has 5 heteroatoms. The van der Waals surface area contributed by atoms with Gasteiger partial charge in [0, 0.05) is 24.6 Å². The number of hydrogen-bond donors (Lipinski definition) is 2. The summed E-state index contributed by atoms with van der Waals surface area (Å²) < 4.78 is 0. The zero-order valence-corrected chi connectivity index (χ0v) is 15.9. The standard InChI is InChI=1S/C22H24N4O/c1-15(2)19-10-6-7-11-20(19)26-22-24-13-18(14-25-22)21(27)23-12-17-9-5-4-8-16(17)3/h4-11,13-15H,12H2,1-3H3,(H,23,27)(H,24,25,26). The van der Waals surface area contributed by atoms with Crippen molar-refractivity contribution in [1.82, 2.24) is 15.3 Å². The SMILES string of the molecule is Cc1ccccc1CNC(=O)c1cnc(Nc2ccccc2C(C)C)nc1. The third-order valence-electron chi connectivity index (χ3n) is 4.44. The summed E-state index contributed by atoms with van der Waals surface area (Å²) in [6.07, 6.45) is 3.08. The molecule has 1 amide bonds. The normalized spacial score (nSPS) is 10.7. The maximum absolute atomic E-state index is 12.3. The summed E-state index contributed by atoms with van der Waals surface area (Å²) in [5.74, 6) is 0.672. The molecule has 1 aromatic heterocycles. The van der Waals surface area contributed by atoms with Crippen molar-refractivity contribution in [2.45, 2.75) is 33.2 Å². The van der Waals surface area contributed by atoms with E-state index in [-0.39, 0.29) is 5.91 Å². The number of benzene rings is 2. The summed E-state index contributed by atoms with van der Waals surface area (Å²) in [7, 11) is 0. The summed E-state index contributed by atoms with van der Waals surface area (Å²) in [5.41, 5.74) is 4.85. The number of rotatable bonds is 6. The van der Waals surface area contributed by atoms with Crippen LogP contribution in [0.4, 0.5) is 11.6 Å². The van der Waals surface area contributed by atoms with Gasteiger partial charge in [-0.15, -0.1) is 0 Å². The van der Waals surface area contributed by atoms with Gasteiger partial charge < -0.3 is 10.6 Å². The van der Waals surface area contributed by atoms with Gasteiger partial charge in [0.2, 0.25) is 5.95 Å². The van der Waals surface area contributed by atoms with Gasteiger partial charge in [-0.05, 0) is 35.6 Å². The van der Waals surface area contributed by atoms with Gasteiger partial charge in [0.25, 0.3) is 5.91 Å². The molecule has 2 N–H and O–H groups in total. The number of para-hydroxylation sites is 1. The van der Waals surface area contributed by atoms with Crippen LogP contribution in [0, 0.1) is 6.92 Å². The first-order valence-electron chi connectivity index (χ1n) is 9.05. The first-order valence-corrected chi connectivity index (χ1v) is 9.05. The van der Waals surface area contributed by atoms with Gasteiger partial charge in [0.1, 0.15) is 0 Å². The minimum absolute atomic E-state index is 0.188. The Bertz CT molecular complexity index is 920. The van der Waals surface area contributed by atoms with E-state index in [0.717, 1.165) is 16.8 Å². The van der Waals surface area contributed by atoms with Crippen LogP contribution in [0.1, 0.15) is 46.8 Å². The molecule has 0 aliphatic heterocycles. The van der Waals surface area contributed by atoms with Crippen LogP contribution in [0.25, 0.3) is 0 Å². The van der Waals surface area contributed by atoms with Crippen molar-refractivity contribution in [2.24, 2.45) is 0 Å². The minimum atomic E-state index is -0.188. The lowest BCUT2D eigenvalue weighted by atomic mass is 10.0. The average Bonchev–Trinajstić information content (AvgIpc) is 2.68. The monoisotopic (exact) mass is 360 g/mol. The molecule has 0 spiro atoms. The molecule has 0 atom stereocenters. The molecular formula is C22H24N4O. The smallest absolute Gasteiger partial charge is 0.254 e. The van der Waals surface area contributed by atoms with Gasteiger partial charge in [0.15, 0.2) is 0 Å². The second kappa shape index (κ2) is 8.45. The lowest BCUT2D eigenvalue weighted by molar-refractivity contribution is 0.0950. The molecule has 3 aromatic rings. The predicted octanol–water partition coefficient (Wildman–Crippen LogP) is 4.58. The van der Waals surface area contributed by atoms with Crippen molar-refractivity contribution in [1.29, 1.82) is 0 Å². The minimum Gasteiger partial charge on any atom is -0.348 e. The van der Waals surface area contributed by atoms with Crippen LogP contribution < -0.4 is 10.6 Å². The highest BCUT2D eigenvalue weighted by atomic mass is 16.1. The Labute approximate surface area is 159 Å². The Morgan fingerprint density at radius 3 is 2.37 bits per heavy atom. The molecule has 0 saturated carbocycles. The molecule has 0 unspecified atom stereocenters. The Balaban J connectivity index is 1.65. The van der Waals surface area contributed by atoms with E-state index in [1.54, 1.807) is 12.4 Å². The first kappa shape index (κ1) is 18.6. The predicted molar refractivity (Wildman–Crippen MR) is 108 cm³/mol. The Morgan fingerprint density at radius 2 is 1.67 bits per heavy atom. The summed E-state index contributed by atoms with van der Waals surface area (Å²) in [5, 5.41) is 6.14. The fourth-order valence-electron chi connectivity index (χ4n) is 2.83. The molecule has 138 valence electrons. The van der Waals surface area contributed by atoms with Gasteiger partial charge in [-0.3, -0.25) is 4.79 Å². The lowest BCUT2D eigenvalue weighted by Crippen LogP contribution is -2.23. The van der Waals surface area contributed by atoms with E-state index in [1.807, 2.05) is 49.4 Å². The Kier molecular flexibility index (Phi) is 5.81. The van der Waals surface area contributed by atoms with E-state index in [9.17, 15) is 4.79 Å². The summed E-state index contributed by atoms with van der Waals surface area (Å²) in [6, 6.07) is 16.1. The highest BCUT2D eigenvalue weighted by Gasteiger charge is 2.10. The van der Waals surface area contributed by atoms with E-state index < -0.39 is 0 Å². The molecule has 0 saturated heterocycles. The van der Waals surface area contributed by atoms with E-state index in [1.165, 1.54) is 5.56 Å². The number of carbonyl (C=O) groups excluding carboxylic acids is 1. The van der Waals surface area contributed by atoms with Crippen molar-refractivity contribution in [3.8, 4) is 0 Å². The van der Waals surface area contributed by atoms with Gasteiger partial charge in [-0.2, -0.15) is 0 Å². The molecule has 2 aromatic carbocycles. The molecule has 3 rings (SSSR count). The second-order valence-electron chi connectivity index (χ2n) is 6.77.